The summed E-state index contributed by atoms with van der Waals surface area (Å²) in [5.74, 6) is -1.44. The van der Waals surface area contributed by atoms with Gasteiger partial charge in [0.2, 0.25) is 0 Å². The van der Waals surface area contributed by atoms with Gasteiger partial charge in [0.05, 0.1) is 0 Å². The van der Waals surface area contributed by atoms with Crippen LogP contribution in [0.1, 0.15) is 22.6 Å². The third-order valence-corrected chi connectivity index (χ3v) is 3.78. The summed E-state index contributed by atoms with van der Waals surface area (Å²) in [5, 5.41) is 9.58. The van der Waals surface area contributed by atoms with E-state index >= 15 is 0 Å². The number of phenolic OH excluding ortho intramolecular Hbond substituents is 1. The van der Waals surface area contributed by atoms with Crippen LogP contribution in [0.3, 0.4) is 0 Å². The summed E-state index contributed by atoms with van der Waals surface area (Å²) in [7, 11) is 1.97. The second kappa shape index (κ2) is 4.87. The number of hydrogen-bond donors (Lipinski definition) is 1. The number of aromatic hydroxyl groups is 1. The van der Waals surface area contributed by atoms with Crippen LogP contribution in [0, 0.1) is 11.6 Å². The molecule has 4 heteroatoms. The largest absolute Gasteiger partial charge is 0.508 e. The molecule has 0 bridgehead atoms. The highest BCUT2D eigenvalue weighted by atomic mass is 19.2. The first-order chi connectivity index (χ1) is 9.54. The molecule has 1 aliphatic heterocycles. The predicted molar refractivity (Wildman–Crippen MR) is 72.6 cm³/mol. The van der Waals surface area contributed by atoms with Gasteiger partial charge in [0.15, 0.2) is 11.6 Å². The number of fused-ring (bicyclic) bond motifs is 1. The van der Waals surface area contributed by atoms with Gasteiger partial charge in [-0.05, 0) is 48.0 Å². The lowest BCUT2D eigenvalue weighted by Crippen LogP contribution is -2.31. The fourth-order valence-electron chi connectivity index (χ4n) is 2.85. The van der Waals surface area contributed by atoms with Crippen LogP contribution in [0.5, 0.6) is 5.75 Å². The maximum absolute atomic E-state index is 13.4. The number of likely N-dealkylation sites (N-methyl/N-ethyl adjacent to an activating group) is 1. The number of halogens is 2. The average molecular weight is 275 g/mol. The molecule has 1 atom stereocenters. The van der Waals surface area contributed by atoms with Crippen LogP contribution in [0.15, 0.2) is 36.4 Å². The van der Waals surface area contributed by atoms with E-state index in [4.69, 9.17) is 0 Å². The number of phenols is 1. The van der Waals surface area contributed by atoms with Crippen molar-refractivity contribution >= 4 is 0 Å². The van der Waals surface area contributed by atoms with E-state index in [9.17, 15) is 13.9 Å². The van der Waals surface area contributed by atoms with Crippen molar-refractivity contribution < 1.29 is 13.9 Å². The summed E-state index contributed by atoms with van der Waals surface area (Å²) in [6.45, 7) is 1.48. The Morgan fingerprint density at radius 3 is 2.65 bits per heavy atom. The van der Waals surface area contributed by atoms with E-state index in [2.05, 4.69) is 4.90 Å². The first-order valence-corrected chi connectivity index (χ1v) is 6.50. The monoisotopic (exact) mass is 275 g/mol. The second-order valence-corrected chi connectivity index (χ2v) is 5.31. The quantitative estimate of drug-likeness (QED) is 0.863. The molecule has 1 heterocycles. The Kier molecular flexibility index (Phi) is 3.18. The van der Waals surface area contributed by atoms with Gasteiger partial charge in [-0.2, -0.15) is 0 Å². The SMILES string of the molecule is CN1Cc2cc(O)ccc2[C@@H](c2ccc(F)c(F)c2)C1. The van der Waals surface area contributed by atoms with Crippen LogP contribution < -0.4 is 0 Å². The van der Waals surface area contributed by atoms with Crippen LogP contribution in [0.2, 0.25) is 0 Å². The Balaban J connectivity index is 2.08. The van der Waals surface area contributed by atoms with Gasteiger partial charge in [0.25, 0.3) is 0 Å². The van der Waals surface area contributed by atoms with Gasteiger partial charge < -0.3 is 10.0 Å². The number of rotatable bonds is 1. The molecule has 0 aliphatic carbocycles. The third kappa shape index (κ3) is 2.27. The zero-order valence-corrected chi connectivity index (χ0v) is 11.1. The lowest BCUT2D eigenvalue weighted by molar-refractivity contribution is 0.294. The molecule has 2 aromatic rings. The lowest BCUT2D eigenvalue weighted by Gasteiger charge is -2.32. The molecule has 0 saturated heterocycles. The normalized spacial score (nSPS) is 18.9. The predicted octanol–water partition coefficient (Wildman–Crippen LogP) is 3.25. The molecular formula is C16H15F2NO. The van der Waals surface area contributed by atoms with Gasteiger partial charge in [-0.15, -0.1) is 0 Å². The fraction of sp³-hybridized carbons (Fsp3) is 0.250. The van der Waals surface area contributed by atoms with Crippen LogP contribution in [0.4, 0.5) is 8.78 Å². The van der Waals surface area contributed by atoms with E-state index in [0.717, 1.165) is 29.8 Å². The standard InChI is InChI=1S/C16H15F2NO/c1-19-8-11-6-12(20)3-4-13(11)14(9-19)10-2-5-15(17)16(18)7-10/h2-7,14,20H,8-9H2,1H3/t14-/m1/s1. The van der Waals surface area contributed by atoms with Gasteiger partial charge in [-0.1, -0.05) is 12.1 Å². The second-order valence-electron chi connectivity index (χ2n) is 5.31. The van der Waals surface area contributed by atoms with E-state index in [1.807, 2.05) is 13.1 Å². The van der Waals surface area contributed by atoms with Gasteiger partial charge >= 0.3 is 0 Å². The minimum absolute atomic E-state index is 0.0144. The smallest absolute Gasteiger partial charge is 0.159 e. The summed E-state index contributed by atoms with van der Waals surface area (Å²) in [5.41, 5.74) is 2.84. The van der Waals surface area contributed by atoms with Gasteiger partial charge in [0.1, 0.15) is 5.75 Å². The summed E-state index contributed by atoms with van der Waals surface area (Å²) in [6, 6.07) is 9.28. The van der Waals surface area contributed by atoms with Crippen LogP contribution in [-0.4, -0.2) is 23.6 Å². The van der Waals surface area contributed by atoms with Crippen molar-refractivity contribution in [2.75, 3.05) is 13.6 Å². The summed E-state index contributed by atoms with van der Waals surface area (Å²) in [4.78, 5) is 2.10. The van der Waals surface area contributed by atoms with E-state index in [1.54, 1.807) is 18.2 Å². The van der Waals surface area contributed by atoms with Gasteiger partial charge in [-0.25, -0.2) is 8.78 Å². The Morgan fingerprint density at radius 2 is 1.90 bits per heavy atom. The molecule has 0 fully saturated rings. The number of hydrogen-bond acceptors (Lipinski definition) is 2. The molecule has 0 saturated carbocycles. The molecule has 0 spiro atoms. The van der Waals surface area contributed by atoms with Crippen molar-refractivity contribution in [3.8, 4) is 5.75 Å². The molecule has 2 aromatic carbocycles. The van der Waals surface area contributed by atoms with Crippen LogP contribution in [-0.2, 0) is 6.54 Å². The topological polar surface area (TPSA) is 23.5 Å². The molecule has 104 valence electrons. The Hall–Kier alpha value is -1.94. The van der Waals surface area contributed by atoms with Crippen LogP contribution >= 0.6 is 0 Å². The third-order valence-electron chi connectivity index (χ3n) is 3.78. The molecule has 0 unspecified atom stereocenters. The Labute approximate surface area is 116 Å². The van der Waals surface area contributed by atoms with E-state index in [-0.39, 0.29) is 11.7 Å². The molecule has 1 N–H and O–H groups in total. The molecule has 20 heavy (non-hydrogen) atoms. The minimum Gasteiger partial charge on any atom is -0.508 e. The summed E-state index contributed by atoms with van der Waals surface area (Å²) in [6.07, 6.45) is 0. The molecule has 0 amide bonds. The molecule has 3 rings (SSSR count). The van der Waals surface area contributed by atoms with E-state index in [0.29, 0.717) is 0 Å². The Bertz CT molecular complexity index is 657. The molecule has 2 nitrogen and oxygen atoms in total. The summed E-state index contributed by atoms with van der Waals surface area (Å²) < 4.78 is 26.5. The molecule has 0 radical (unpaired) electrons. The van der Waals surface area contributed by atoms with Crippen molar-refractivity contribution in [1.29, 1.82) is 0 Å². The van der Waals surface area contributed by atoms with Crippen molar-refractivity contribution in [1.82, 2.24) is 4.90 Å². The maximum atomic E-state index is 13.4. The van der Waals surface area contributed by atoms with Crippen molar-refractivity contribution in [3.63, 3.8) is 0 Å². The van der Waals surface area contributed by atoms with E-state index in [1.165, 1.54) is 12.1 Å². The maximum Gasteiger partial charge on any atom is 0.159 e. The highest BCUT2D eigenvalue weighted by Crippen LogP contribution is 2.35. The molecule has 0 aromatic heterocycles. The Morgan fingerprint density at radius 1 is 1.10 bits per heavy atom. The average Bonchev–Trinajstić information content (AvgIpc) is 2.40. The number of benzene rings is 2. The van der Waals surface area contributed by atoms with Gasteiger partial charge in [0, 0.05) is 19.0 Å². The molecular weight excluding hydrogens is 260 g/mol. The zero-order valence-electron chi connectivity index (χ0n) is 11.1. The highest BCUT2D eigenvalue weighted by molar-refractivity contribution is 5.43. The van der Waals surface area contributed by atoms with E-state index < -0.39 is 11.6 Å². The highest BCUT2D eigenvalue weighted by Gasteiger charge is 2.25. The minimum atomic E-state index is -0.830. The van der Waals surface area contributed by atoms with Gasteiger partial charge in [-0.3, -0.25) is 0 Å². The van der Waals surface area contributed by atoms with Crippen molar-refractivity contribution in [2.24, 2.45) is 0 Å². The lowest BCUT2D eigenvalue weighted by atomic mass is 9.84. The van der Waals surface area contributed by atoms with Crippen LogP contribution in [0.25, 0.3) is 0 Å². The van der Waals surface area contributed by atoms with Crippen molar-refractivity contribution in [3.05, 3.63) is 64.7 Å². The number of nitrogens with zero attached hydrogens (tertiary/aromatic N) is 1. The molecule has 1 aliphatic rings. The fourth-order valence-corrected chi connectivity index (χ4v) is 2.85. The summed E-state index contributed by atoms with van der Waals surface area (Å²) >= 11 is 0. The first-order valence-electron chi connectivity index (χ1n) is 6.50. The first kappa shape index (κ1) is 13.1. The van der Waals surface area contributed by atoms with Crippen molar-refractivity contribution in [2.45, 2.75) is 12.5 Å². The zero-order chi connectivity index (χ0) is 14.3.